The topological polar surface area (TPSA) is 46.2 Å². The predicted octanol–water partition coefficient (Wildman–Crippen LogP) is 4.22. The third kappa shape index (κ3) is 4.43. The standard InChI is InChI=1S/C18H19N3OS2/c1-2-22-14-9-7-13(8-10-14)20-18(23)19-12-11-17-21-15-5-3-4-6-16(15)24-17/h3-10H,2,11-12H2,1H3,(H2,19,20,23). The number of rotatable bonds is 6. The maximum absolute atomic E-state index is 5.42. The van der Waals surface area contributed by atoms with E-state index in [1.54, 1.807) is 11.3 Å². The van der Waals surface area contributed by atoms with Gasteiger partial charge in [-0.15, -0.1) is 11.3 Å². The number of para-hydroxylation sites is 1. The summed E-state index contributed by atoms with van der Waals surface area (Å²) in [6.45, 7) is 3.39. The van der Waals surface area contributed by atoms with Crippen LogP contribution in [0, 0.1) is 0 Å². The van der Waals surface area contributed by atoms with Crippen LogP contribution in [0.15, 0.2) is 48.5 Å². The van der Waals surface area contributed by atoms with Crippen molar-refractivity contribution >= 4 is 44.6 Å². The minimum atomic E-state index is 0.611. The second kappa shape index (κ2) is 8.08. The average Bonchev–Trinajstić information content (AvgIpc) is 2.99. The summed E-state index contributed by atoms with van der Waals surface area (Å²) in [4.78, 5) is 4.62. The van der Waals surface area contributed by atoms with Crippen molar-refractivity contribution in [1.82, 2.24) is 10.3 Å². The molecule has 1 heterocycles. The quantitative estimate of drug-likeness (QED) is 0.647. The van der Waals surface area contributed by atoms with E-state index < -0.39 is 0 Å². The van der Waals surface area contributed by atoms with Crippen LogP contribution in [0.1, 0.15) is 11.9 Å². The van der Waals surface area contributed by atoms with Crippen LogP contribution in [-0.2, 0) is 6.42 Å². The van der Waals surface area contributed by atoms with Crippen molar-refractivity contribution in [3.8, 4) is 5.75 Å². The second-order valence-electron chi connectivity index (χ2n) is 5.16. The molecule has 0 aliphatic carbocycles. The number of thiazole rings is 1. The number of ether oxygens (including phenoxy) is 1. The fourth-order valence-electron chi connectivity index (χ4n) is 2.29. The molecular weight excluding hydrogens is 338 g/mol. The Morgan fingerprint density at radius 3 is 2.71 bits per heavy atom. The summed E-state index contributed by atoms with van der Waals surface area (Å²) in [5, 5.41) is 8.12. The lowest BCUT2D eigenvalue weighted by molar-refractivity contribution is 0.340. The van der Waals surface area contributed by atoms with Gasteiger partial charge in [0.15, 0.2) is 5.11 Å². The minimum absolute atomic E-state index is 0.611. The molecule has 0 amide bonds. The van der Waals surface area contributed by atoms with Crippen LogP contribution in [0.3, 0.4) is 0 Å². The molecule has 0 saturated carbocycles. The summed E-state index contributed by atoms with van der Waals surface area (Å²) in [6.07, 6.45) is 0.852. The first-order chi connectivity index (χ1) is 11.7. The van der Waals surface area contributed by atoms with Crippen molar-refractivity contribution in [1.29, 1.82) is 0 Å². The third-order valence-electron chi connectivity index (χ3n) is 3.39. The number of fused-ring (bicyclic) bond motifs is 1. The highest BCUT2D eigenvalue weighted by Gasteiger charge is 2.03. The molecule has 3 rings (SSSR count). The Hall–Kier alpha value is -2.18. The van der Waals surface area contributed by atoms with Gasteiger partial charge in [-0.25, -0.2) is 4.98 Å². The summed E-state index contributed by atoms with van der Waals surface area (Å²) in [5.74, 6) is 0.859. The molecular formula is C18H19N3OS2. The normalized spacial score (nSPS) is 10.5. The summed E-state index contributed by atoms with van der Waals surface area (Å²) >= 11 is 7.06. The van der Waals surface area contributed by atoms with Gasteiger partial charge in [-0.1, -0.05) is 12.1 Å². The van der Waals surface area contributed by atoms with Crippen molar-refractivity contribution < 1.29 is 4.74 Å². The largest absolute Gasteiger partial charge is 0.494 e. The lowest BCUT2D eigenvalue weighted by atomic mass is 10.3. The number of nitrogens with zero attached hydrogens (tertiary/aromatic N) is 1. The molecule has 124 valence electrons. The smallest absolute Gasteiger partial charge is 0.170 e. The molecule has 0 bridgehead atoms. The van der Waals surface area contributed by atoms with E-state index >= 15 is 0 Å². The highest BCUT2D eigenvalue weighted by molar-refractivity contribution is 7.80. The maximum Gasteiger partial charge on any atom is 0.170 e. The zero-order valence-electron chi connectivity index (χ0n) is 13.4. The van der Waals surface area contributed by atoms with Crippen molar-refractivity contribution in [3.05, 3.63) is 53.5 Å². The van der Waals surface area contributed by atoms with Gasteiger partial charge in [0, 0.05) is 18.7 Å². The Morgan fingerprint density at radius 1 is 1.17 bits per heavy atom. The molecule has 6 heteroatoms. The number of anilines is 1. The minimum Gasteiger partial charge on any atom is -0.494 e. The maximum atomic E-state index is 5.42. The summed E-state index contributed by atoms with van der Waals surface area (Å²) in [5.41, 5.74) is 2.00. The van der Waals surface area contributed by atoms with Gasteiger partial charge in [0.2, 0.25) is 0 Å². The molecule has 0 unspecified atom stereocenters. The van der Waals surface area contributed by atoms with Crippen molar-refractivity contribution in [2.45, 2.75) is 13.3 Å². The number of hydrogen-bond donors (Lipinski definition) is 2. The molecule has 0 aliphatic rings. The van der Waals surface area contributed by atoms with Gasteiger partial charge in [0.05, 0.1) is 21.8 Å². The van der Waals surface area contributed by atoms with Crippen molar-refractivity contribution in [2.75, 3.05) is 18.5 Å². The Balaban J connectivity index is 1.46. The molecule has 24 heavy (non-hydrogen) atoms. The van der Waals surface area contributed by atoms with Crippen LogP contribution in [0.25, 0.3) is 10.2 Å². The molecule has 0 atom stereocenters. The van der Waals surface area contributed by atoms with Crippen LogP contribution < -0.4 is 15.4 Å². The fraction of sp³-hybridized carbons (Fsp3) is 0.222. The van der Waals surface area contributed by atoms with E-state index in [9.17, 15) is 0 Å². The Labute approximate surface area is 150 Å². The Morgan fingerprint density at radius 2 is 1.96 bits per heavy atom. The van der Waals surface area contributed by atoms with E-state index in [0.717, 1.165) is 34.9 Å². The van der Waals surface area contributed by atoms with Gasteiger partial charge in [-0.05, 0) is 55.5 Å². The number of thiocarbonyl (C=S) groups is 1. The Bertz CT molecular complexity index is 782. The van der Waals surface area contributed by atoms with Crippen LogP contribution in [-0.4, -0.2) is 23.2 Å². The molecule has 0 spiro atoms. The molecule has 0 radical (unpaired) electrons. The van der Waals surface area contributed by atoms with Crippen molar-refractivity contribution in [3.63, 3.8) is 0 Å². The zero-order chi connectivity index (χ0) is 16.8. The molecule has 0 fully saturated rings. The predicted molar refractivity (Wildman–Crippen MR) is 105 cm³/mol. The first-order valence-corrected chi connectivity index (χ1v) is 9.09. The van der Waals surface area contributed by atoms with Crippen LogP contribution in [0.5, 0.6) is 5.75 Å². The molecule has 2 aromatic carbocycles. The van der Waals surface area contributed by atoms with E-state index in [1.165, 1.54) is 4.70 Å². The molecule has 0 aliphatic heterocycles. The van der Waals surface area contributed by atoms with Gasteiger partial charge < -0.3 is 15.4 Å². The fourth-order valence-corrected chi connectivity index (χ4v) is 3.47. The summed E-state index contributed by atoms with van der Waals surface area (Å²) in [7, 11) is 0. The number of aromatic nitrogens is 1. The van der Waals surface area contributed by atoms with E-state index in [1.807, 2.05) is 49.4 Å². The molecule has 3 aromatic rings. The summed E-state index contributed by atoms with van der Waals surface area (Å²) in [6, 6.07) is 15.9. The van der Waals surface area contributed by atoms with Gasteiger partial charge in [0.25, 0.3) is 0 Å². The highest BCUT2D eigenvalue weighted by Crippen LogP contribution is 2.21. The second-order valence-corrected chi connectivity index (χ2v) is 6.69. The van der Waals surface area contributed by atoms with Gasteiger partial charge in [0.1, 0.15) is 5.75 Å². The van der Waals surface area contributed by atoms with Crippen LogP contribution in [0.4, 0.5) is 5.69 Å². The van der Waals surface area contributed by atoms with Gasteiger partial charge in [-0.3, -0.25) is 0 Å². The van der Waals surface area contributed by atoms with Gasteiger partial charge >= 0.3 is 0 Å². The molecule has 2 N–H and O–H groups in total. The lowest BCUT2D eigenvalue weighted by Gasteiger charge is -2.10. The van der Waals surface area contributed by atoms with Crippen LogP contribution in [0.2, 0.25) is 0 Å². The van der Waals surface area contributed by atoms with Gasteiger partial charge in [-0.2, -0.15) is 0 Å². The van der Waals surface area contributed by atoms with E-state index in [4.69, 9.17) is 17.0 Å². The lowest BCUT2D eigenvalue weighted by Crippen LogP contribution is -2.30. The molecule has 4 nitrogen and oxygen atoms in total. The first-order valence-electron chi connectivity index (χ1n) is 7.87. The molecule has 1 aromatic heterocycles. The first kappa shape index (κ1) is 16.7. The van der Waals surface area contributed by atoms with E-state index in [2.05, 4.69) is 21.7 Å². The monoisotopic (exact) mass is 357 g/mol. The molecule has 0 saturated heterocycles. The third-order valence-corrected chi connectivity index (χ3v) is 4.73. The highest BCUT2D eigenvalue weighted by atomic mass is 32.1. The Kier molecular flexibility index (Phi) is 5.61. The van der Waals surface area contributed by atoms with E-state index in [0.29, 0.717) is 11.7 Å². The number of benzene rings is 2. The van der Waals surface area contributed by atoms with Crippen LogP contribution >= 0.6 is 23.6 Å². The number of nitrogens with one attached hydrogen (secondary N) is 2. The average molecular weight is 358 g/mol. The number of hydrogen-bond acceptors (Lipinski definition) is 4. The zero-order valence-corrected chi connectivity index (χ0v) is 15.0. The SMILES string of the molecule is CCOc1ccc(NC(=S)NCCc2nc3ccccc3s2)cc1. The van der Waals surface area contributed by atoms with Crippen molar-refractivity contribution in [2.24, 2.45) is 0 Å². The van der Waals surface area contributed by atoms with E-state index in [-0.39, 0.29) is 0 Å². The summed E-state index contributed by atoms with van der Waals surface area (Å²) < 4.78 is 6.65.